The quantitative estimate of drug-likeness (QED) is 0.806. The largest absolute Gasteiger partial charge is 0.495 e. The van der Waals surface area contributed by atoms with Crippen LogP contribution in [0, 0.1) is 6.92 Å². The highest BCUT2D eigenvalue weighted by Crippen LogP contribution is 2.24. The average molecular weight is 338 g/mol. The van der Waals surface area contributed by atoms with Crippen LogP contribution < -0.4 is 9.46 Å². The van der Waals surface area contributed by atoms with Crippen molar-refractivity contribution < 1.29 is 18.3 Å². The first-order chi connectivity index (χ1) is 10.8. The van der Waals surface area contributed by atoms with Crippen molar-refractivity contribution in [1.29, 1.82) is 0 Å². The molecule has 0 fully saturated rings. The van der Waals surface area contributed by atoms with E-state index in [-0.39, 0.29) is 17.9 Å². The molecule has 0 bridgehead atoms. The lowest BCUT2D eigenvalue weighted by Gasteiger charge is -2.14. The third-order valence-corrected chi connectivity index (χ3v) is 5.13. The summed E-state index contributed by atoms with van der Waals surface area (Å²) in [5, 5.41) is 10.1. The predicted molar refractivity (Wildman–Crippen MR) is 87.9 cm³/mol. The molecule has 2 aromatic rings. The van der Waals surface area contributed by atoms with Gasteiger partial charge in [0.1, 0.15) is 10.6 Å². The van der Waals surface area contributed by atoms with Crippen LogP contribution in [0.25, 0.3) is 0 Å². The van der Waals surface area contributed by atoms with E-state index in [1.807, 2.05) is 36.9 Å². The monoisotopic (exact) mass is 338 g/mol. The number of benzene rings is 1. The van der Waals surface area contributed by atoms with Gasteiger partial charge in [0.2, 0.25) is 10.0 Å². The lowest BCUT2D eigenvalue weighted by atomic mass is 10.2. The van der Waals surface area contributed by atoms with Crippen LogP contribution in [0.2, 0.25) is 0 Å². The van der Waals surface area contributed by atoms with Crippen molar-refractivity contribution in [1.82, 2.24) is 9.29 Å². The van der Waals surface area contributed by atoms with Gasteiger partial charge in [-0.05, 0) is 43.2 Å². The van der Waals surface area contributed by atoms with Crippen LogP contribution in [0.5, 0.6) is 5.75 Å². The summed E-state index contributed by atoms with van der Waals surface area (Å²) in [5.74, 6) is 0.297. The molecule has 1 aromatic heterocycles. The van der Waals surface area contributed by atoms with Crippen molar-refractivity contribution in [2.24, 2.45) is 7.05 Å². The topological polar surface area (TPSA) is 80.6 Å². The van der Waals surface area contributed by atoms with Crippen molar-refractivity contribution in [3.63, 3.8) is 0 Å². The van der Waals surface area contributed by atoms with Gasteiger partial charge in [0.15, 0.2) is 0 Å². The van der Waals surface area contributed by atoms with Crippen LogP contribution in [0.15, 0.2) is 41.4 Å². The number of rotatable bonds is 7. The number of nitrogens with one attached hydrogen (secondary N) is 1. The molecule has 2 N–H and O–H groups in total. The molecule has 7 heteroatoms. The Hall–Kier alpha value is -1.83. The predicted octanol–water partition coefficient (Wildman–Crippen LogP) is 1.74. The number of hydrogen-bond acceptors (Lipinski definition) is 4. The number of nitrogens with zero attached hydrogens (tertiary/aromatic N) is 1. The maximum Gasteiger partial charge on any atom is 0.244 e. The van der Waals surface area contributed by atoms with Crippen LogP contribution in [0.1, 0.15) is 23.8 Å². The maximum atomic E-state index is 12.4. The Bertz CT molecular complexity index is 768. The van der Waals surface area contributed by atoms with Crippen molar-refractivity contribution in [2.75, 3.05) is 13.7 Å². The second-order valence-corrected chi connectivity index (χ2v) is 7.14. The van der Waals surface area contributed by atoms with E-state index >= 15 is 0 Å². The van der Waals surface area contributed by atoms with E-state index in [1.165, 1.54) is 7.11 Å². The first-order valence-electron chi connectivity index (χ1n) is 7.29. The first kappa shape index (κ1) is 17.5. The fraction of sp³-hybridized carbons (Fsp3) is 0.375. The van der Waals surface area contributed by atoms with Gasteiger partial charge in [-0.1, -0.05) is 6.07 Å². The van der Waals surface area contributed by atoms with E-state index in [9.17, 15) is 13.5 Å². The van der Waals surface area contributed by atoms with Gasteiger partial charge >= 0.3 is 0 Å². The fourth-order valence-electron chi connectivity index (χ4n) is 2.37. The molecule has 0 aliphatic carbocycles. The van der Waals surface area contributed by atoms with Gasteiger partial charge in [0, 0.05) is 25.5 Å². The molecule has 0 aliphatic rings. The Morgan fingerprint density at radius 3 is 2.70 bits per heavy atom. The molecule has 6 nitrogen and oxygen atoms in total. The highest BCUT2D eigenvalue weighted by atomic mass is 32.2. The molecule has 0 saturated carbocycles. The lowest BCUT2D eigenvalue weighted by Crippen LogP contribution is -2.26. The van der Waals surface area contributed by atoms with Crippen molar-refractivity contribution >= 4 is 10.0 Å². The summed E-state index contributed by atoms with van der Waals surface area (Å²) in [6, 6.07) is 8.62. The SMILES string of the molecule is COc1ccc(C)cc1S(=O)(=O)NCCC(O)c1cccn1C. The van der Waals surface area contributed by atoms with Crippen LogP contribution >= 0.6 is 0 Å². The van der Waals surface area contributed by atoms with E-state index in [4.69, 9.17) is 4.74 Å². The zero-order valence-electron chi connectivity index (χ0n) is 13.5. The molecular weight excluding hydrogens is 316 g/mol. The summed E-state index contributed by atoms with van der Waals surface area (Å²) in [4.78, 5) is 0.105. The van der Waals surface area contributed by atoms with E-state index in [2.05, 4.69) is 4.72 Å². The smallest absolute Gasteiger partial charge is 0.244 e. The Morgan fingerprint density at radius 1 is 1.35 bits per heavy atom. The van der Waals surface area contributed by atoms with Crippen molar-refractivity contribution in [2.45, 2.75) is 24.3 Å². The highest BCUT2D eigenvalue weighted by Gasteiger charge is 2.20. The van der Waals surface area contributed by atoms with Gasteiger partial charge in [0.05, 0.1) is 13.2 Å². The Balaban J connectivity index is 2.05. The van der Waals surface area contributed by atoms with Gasteiger partial charge < -0.3 is 14.4 Å². The number of aliphatic hydroxyl groups excluding tert-OH is 1. The lowest BCUT2D eigenvalue weighted by molar-refractivity contribution is 0.161. The number of aryl methyl sites for hydroxylation is 2. The molecule has 1 unspecified atom stereocenters. The second-order valence-electron chi connectivity index (χ2n) is 5.40. The van der Waals surface area contributed by atoms with Gasteiger partial charge in [-0.15, -0.1) is 0 Å². The van der Waals surface area contributed by atoms with Crippen LogP contribution in [0.3, 0.4) is 0 Å². The number of sulfonamides is 1. The number of aromatic nitrogens is 1. The van der Waals surface area contributed by atoms with E-state index < -0.39 is 16.1 Å². The molecule has 0 amide bonds. The molecular formula is C16H22N2O4S. The molecule has 23 heavy (non-hydrogen) atoms. The third-order valence-electron chi connectivity index (χ3n) is 3.64. The molecule has 1 heterocycles. The molecule has 0 saturated heterocycles. The average Bonchev–Trinajstić information content (AvgIpc) is 2.93. The van der Waals surface area contributed by atoms with Crippen LogP contribution in [-0.4, -0.2) is 31.7 Å². The second kappa shape index (κ2) is 7.16. The van der Waals surface area contributed by atoms with E-state index in [0.717, 1.165) is 11.3 Å². The minimum absolute atomic E-state index is 0.105. The summed E-state index contributed by atoms with van der Waals surface area (Å²) in [5.41, 5.74) is 1.58. The molecule has 0 radical (unpaired) electrons. The van der Waals surface area contributed by atoms with Gasteiger partial charge in [-0.3, -0.25) is 0 Å². The normalized spacial score (nSPS) is 13.0. The molecule has 126 valence electrons. The number of ether oxygens (including phenoxy) is 1. The maximum absolute atomic E-state index is 12.4. The Morgan fingerprint density at radius 2 is 2.09 bits per heavy atom. The third kappa shape index (κ3) is 4.13. The standard InChI is InChI=1S/C16H22N2O4S/c1-12-6-7-15(22-3)16(11-12)23(20,21)17-9-8-14(19)13-5-4-10-18(13)2/h4-7,10-11,14,17,19H,8-9H2,1-3H3. The number of methoxy groups -OCH3 is 1. The first-order valence-corrected chi connectivity index (χ1v) is 8.77. The summed E-state index contributed by atoms with van der Waals surface area (Å²) in [6.45, 7) is 1.95. The summed E-state index contributed by atoms with van der Waals surface area (Å²) >= 11 is 0. The zero-order valence-corrected chi connectivity index (χ0v) is 14.3. The zero-order chi connectivity index (χ0) is 17.0. The molecule has 0 spiro atoms. The van der Waals surface area contributed by atoms with Crippen LogP contribution in [-0.2, 0) is 17.1 Å². The van der Waals surface area contributed by atoms with Crippen molar-refractivity contribution in [3.8, 4) is 5.75 Å². The van der Waals surface area contributed by atoms with Gasteiger partial charge in [-0.25, -0.2) is 13.1 Å². The Kier molecular flexibility index (Phi) is 5.46. The summed E-state index contributed by atoms with van der Waals surface area (Å²) < 4.78 is 34.3. The number of aliphatic hydroxyl groups is 1. The van der Waals surface area contributed by atoms with Crippen LogP contribution in [0.4, 0.5) is 0 Å². The minimum Gasteiger partial charge on any atom is -0.495 e. The van der Waals surface area contributed by atoms with Gasteiger partial charge in [0.25, 0.3) is 0 Å². The summed E-state index contributed by atoms with van der Waals surface area (Å²) in [7, 11) is -0.426. The molecule has 1 aromatic carbocycles. The molecule has 0 aliphatic heterocycles. The molecule has 2 rings (SSSR count). The van der Waals surface area contributed by atoms with Crippen molar-refractivity contribution in [3.05, 3.63) is 47.8 Å². The minimum atomic E-state index is -3.69. The molecule has 1 atom stereocenters. The van der Waals surface area contributed by atoms with E-state index in [1.54, 1.807) is 18.2 Å². The fourth-order valence-corrected chi connectivity index (χ4v) is 3.67. The highest BCUT2D eigenvalue weighted by molar-refractivity contribution is 7.89. The Labute approximate surface area is 136 Å². The summed E-state index contributed by atoms with van der Waals surface area (Å²) in [6.07, 6.45) is 1.39. The van der Waals surface area contributed by atoms with Gasteiger partial charge in [-0.2, -0.15) is 0 Å². The number of hydrogen-bond donors (Lipinski definition) is 2. The van der Waals surface area contributed by atoms with E-state index in [0.29, 0.717) is 5.75 Å².